The molecule has 0 unspecified atom stereocenters. The first-order valence-corrected chi connectivity index (χ1v) is 5.73. The zero-order valence-corrected chi connectivity index (χ0v) is 10.7. The molecule has 0 bridgehead atoms. The normalized spacial score (nSPS) is 20.9. The molecule has 122 valence electrons. The molecule has 0 heterocycles. The van der Waals surface area contributed by atoms with Crippen LogP contribution in [0.25, 0.3) is 0 Å². The third-order valence-electron chi connectivity index (χ3n) is 2.64. The highest BCUT2D eigenvalue weighted by Crippen LogP contribution is 2.11. The number of Topliss-reactive ketones (excluding diaryl/α,β-unsaturated/α-hetero) is 1. The third kappa shape index (κ3) is 6.14. The third-order valence-corrected chi connectivity index (χ3v) is 2.64. The van der Waals surface area contributed by atoms with E-state index in [9.17, 15) is 34.8 Å². The average Bonchev–Trinajstić information content (AvgIpc) is 2.48. The molecule has 5 atom stereocenters. The molecule has 0 aromatic heterocycles. The van der Waals surface area contributed by atoms with Crippen LogP contribution in [0.4, 0.5) is 0 Å². The fourth-order valence-corrected chi connectivity index (χ4v) is 1.51. The summed E-state index contributed by atoms with van der Waals surface area (Å²) >= 11 is 0. The monoisotopic (exact) mass is 312 g/mol. The minimum Gasteiger partial charge on any atom is -0.475 e. The smallest absolute Gasteiger partial charge is 0.372 e. The largest absolute Gasteiger partial charge is 0.475 e. The molecule has 0 rings (SSSR count). The van der Waals surface area contributed by atoms with Gasteiger partial charge in [0.05, 0.1) is 18.8 Å². The maximum atomic E-state index is 11.5. The first-order chi connectivity index (χ1) is 10.8. The second kappa shape index (κ2) is 8.64. The molecule has 0 aromatic rings. The molecule has 10 nitrogen and oxygen atoms in total. The second-order valence-electron chi connectivity index (χ2n) is 4.23. The lowest BCUT2D eigenvalue weighted by Gasteiger charge is -2.32. The van der Waals surface area contributed by atoms with E-state index in [-0.39, 0.29) is 0 Å². The maximum absolute atomic E-state index is 11.5. The number of amides is 1. The van der Waals surface area contributed by atoms with E-state index in [1.54, 1.807) is 5.32 Å². The van der Waals surface area contributed by atoms with Gasteiger partial charge in [-0.25, -0.2) is 4.79 Å². The molecule has 0 aliphatic heterocycles. The van der Waals surface area contributed by atoms with E-state index < -0.39 is 68.0 Å². The van der Waals surface area contributed by atoms with Crippen LogP contribution in [0.3, 0.4) is 0 Å². The minimum atomic E-state index is -3.20. The molecular formula is C11H19NO9. The summed E-state index contributed by atoms with van der Waals surface area (Å²) in [5, 5.41) is 57.4. The predicted molar refractivity (Wildman–Crippen MR) is 66.0 cm³/mol. The second-order valence-corrected chi connectivity index (χ2v) is 4.23. The molecule has 0 aliphatic rings. The number of rotatable bonds is 9. The van der Waals surface area contributed by atoms with Crippen LogP contribution in [-0.4, -0.2) is 85.4 Å². The Balaban J connectivity index is 5.38. The van der Waals surface area contributed by atoms with Gasteiger partial charge in [-0.2, -0.15) is 0 Å². The number of aliphatic carboxylic acids is 1. The van der Waals surface area contributed by atoms with Crippen LogP contribution in [0.15, 0.2) is 0 Å². The Morgan fingerprint density at radius 3 is 2.10 bits per heavy atom. The van der Waals surface area contributed by atoms with E-state index >= 15 is 0 Å². The van der Waals surface area contributed by atoms with Crippen LogP contribution in [0, 0.1) is 0 Å². The number of nitrogens with one attached hydrogen (secondary N) is 1. The number of aliphatic hydroxyl groups is 5. The van der Waals surface area contributed by atoms with Crippen LogP contribution < -0.4 is 5.32 Å². The first kappa shape index (κ1) is 14.4. The predicted octanol–water partition coefficient (Wildman–Crippen LogP) is -4.03. The van der Waals surface area contributed by atoms with Crippen molar-refractivity contribution in [3.05, 3.63) is 0 Å². The summed E-state index contributed by atoms with van der Waals surface area (Å²) in [5.41, 5.74) is 0. The number of ketones is 1. The van der Waals surface area contributed by atoms with Gasteiger partial charge in [0.1, 0.15) is 18.3 Å². The van der Waals surface area contributed by atoms with E-state index in [1.165, 1.54) is 0 Å². The number of aliphatic hydroxyl groups excluding tert-OH is 5. The lowest BCUT2D eigenvalue weighted by Crippen LogP contribution is -2.57. The van der Waals surface area contributed by atoms with Crippen LogP contribution >= 0.6 is 0 Å². The Hall–Kier alpha value is -1.59. The van der Waals surface area contributed by atoms with Crippen molar-refractivity contribution in [1.82, 2.24) is 5.32 Å². The minimum absolute atomic E-state index is 1.01. The van der Waals surface area contributed by atoms with Crippen molar-refractivity contribution >= 4 is 17.7 Å². The zero-order chi connectivity index (χ0) is 19.2. The molecule has 0 aromatic carbocycles. The molecule has 1 amide bonds. The molecule has 0 spiro atoms. The van der Waals surface area contributed by atoms with Gasteiger partial charge in [0, 0.05) is 17.4 Å². The summed E-state index contributed by atoms with van der Waals surface area (Å²) in [6, 6.07) is -2.00. The van der Waals surface area contributed by atoms with Gasteiger partial charge in [0.15, 0.2) is 0 Å². The highest BCUT2D eigenvalue weighted by atomic mass is 16.4. The standard InChI is InChI=1S/C11H19NO9/c1-4(14)12-8(5(15)2-6(16)11(20)21)10(19)9(18)7(17)3-13/h5,7-10,13,15,17-19H,2-3H2,1H3,(H,12,14)(H,20,21)/t5-,7+,8+,9+,10+/m0/s1/i1D3. The van der Waals surface area contributed by atoms with E-state index in [0.717, 1.165) is 0 Å². The van der Waals surface area contributed by atoms with Gasteiger partial charge >= 0.3 is 5.97 Å². The molecule has 0 saturated heterocycles. The lowest BCUT2D eigenvalue weighted by atomic mass is 9.94. The van der Waals surface area contributed by atoms with Crippen molar-refractivity contribution in [1.29, 1.82) is 0 Å². The van der Waals surface area contributed by atoms with E-state index in [4.69, 9.17) is 14.3 Å². The Morgan fingerprint density at radius 2 is 1.67 bits per heavy atom. The van der Waals surface area contributed by atoms with Gasteiger partial charge in [0.25, 0.3) is 0 Å². The topological polar surface area (TPSA) is 185 Å². The van der Waals surface area contributed by atoms with Gasteiger partial charge < -0.3 is 36.0 Å². The van der Waals surface area contributed by atoms with E-state index in [1.807, 2.05) is 0 Å². The van der Waals surface area contributed by atoms with Crippen molar-refractivity contribution in [2.24, 2.45) is 0 Å². The fraction of sp³-hybridized carbons (Fsp3) is 0.727. The molecule has 7 N–H and O–H groups in total. The van der Waals surface area contributed by atoms with Gasteiger partial charge in [-0.05, 0) is 0 Å². The van der Waals surface area contributed by atoms with Crippen molar-refractivity contribution in [3.63, 3.8) is 0 Å². The molecule has 0 saturated carbocycles. The summed E-state index contributed by atoms with van der Waals surface area (Å²) in [6.07, 6.45) is -9.45. The van der Waals surface area contributed by atoms with Gasteiger partial charge in [0.2, 0.25) is 11.7 Å². The summed E-state index contributed by atoms with van der Waals surface area (Å²) in [6.45, 7) is -4.21. The van der Waals surface area contributed by atoms with Crippen LogP contribution in [0.1, 0.15) is 17.4 Å². The number of carboxylic acids is 1. The molecule has 0 aliphatic carbocycles. The SMILES string of the molecule is [2H]C([2H])([2H])C(=O)N[C@@H]([C@@H](O)[C@H](O)[C@H](O)CO)[C@@H](O)CC(=O)C(=O)O. The quantitative estimate of drug-likeness (QED) is 0.208. The van der Waals surface area contributed by atoms with Crippen molar-refractivity contribution in [2.75, 3.05) is 6.61 Å². The molecule has 10 heteroatoms. The van der Waals surface area contributed by atoms with Gasteiger partial charge in [-0.3, -0.25) is 9.59 Å². The first-order valence-electron chi connectivity index (χ1n) is 7.23. The number of hydrogen-bond donors (Lipinski definition) is 7. The number of carboxylic acid groups (broad SMARTS) is 1. The molecular weight excluding hydrogens is 290 g/mol. The summed E-state index contributed by atoms with van der Waals surface area (Å²) in [7, 11) is 0. The van der Waals surface area contributed by atoms with Gasteiger partial charge in [-0.15, -0.1) is 0 Å². The average molecular weight is 312 g/mol. The highest BCUT2D eigenvalue weighted by Gasteiger charge is 2.37. The Labute approximate surface area is 123 Å². The lowest BCUT2D eigenvalue weighted by molar-refractivity contribution is -0.151. The van der Waals surface area contributed by atoms with Crippen LogP contribution in [0.2, 0.25) is 0 Å². The van der Waals surface area contributed by atoms with Crippen LogP contribution in [0.5, 0.6) is 0 Å². The van der Waals surface area contributed by atoms with Crippen molar-refractivity contribution in [3.8, 4) is 0 Å². The molecule has 0 radical (unpaired) electrons. The maximum Gasteiger partial charge on any atom is 0.372 e. The Kier molecular flexibility index (Phi) is 5.91. The Bertz CT molecular complexity index is 470. The number of carbonyl (C=O) groups is 3. The van der Waals surface area contributed by atoms with Crippen molar-refractivity contribution in [2.45, 2.75) is 43.7 Å². The molecule has 0 fully saturated rings. The number of hydrogen-bond acceptors (Lipinski definition) is 8. The number of carbonyl (C=O) groups excluding carboxylic acids is 2. The van der Waals surface area contributed by atoms with Gasteiger partial charge in [-0.1, -0.05) is 0 Å². The van der Waals surface area contributed by atoms with Crippen LogP contribution in [-0.2, 0) is 14.4 Å². The summed E-state index contributed by atoms with van der Waals surface area (Å²) in [4.78, 5) is 33.1. The van der Waals surface area contributed by atoms with E-state index in [0.29, 0.717) is 0 Å². The zero-order valence-electron chi connectivity index (χ0n) is 13.7. The Morgan fingerprint density at radius 1 is 1.10 bits per heavy atom. The summed E-state index contributed by atoms with van der Waals surface area (Å²) < 4.78 is 20.7. The molecule has 21 heavy (non-hydrogen) atoms. The highest BCUT2D eigenvalue weighted by molar-refractivity contribution is 6.32. The van der Waals surface area contributed by atoms with Crippen molar-refractivity contribution < 1.29 is 49.1 Å². The summed E-state index contributed by atoms with van der Waals surface area (Å²) in [5.74, 6) is -5.07. The van der Waals surface area contributed by atoms with E-state index in [2.05, 4.69) is 0 Å². The fourth-order valence-electron chi connectivity index (χ4n) is 1.51.